The zero-order valence-corrected chi connectivity index (χ0v) is 15.9. The van der Waals surface area contributed by atoms with Crippen LogP contribution in [0.2, 0.25) is 0 Å². The normalized spacial score (nSPS) is 10.6. The second-order valence-corrected chi connectivity index (χ2v) is 6.50. The lowest BCUT2D eigenvalue weighted by molar-refractivity contribution is 0.0992. The molecule has 0 aliphatic heterocycles. The highest BCUT2D eigenvalue weighted by Gasteiger charge is 2.19. The van der Waals surface area contributed by atoms with Gasteiger partial charge in [-0.15, -0.1) is 6.58 Å². The number of carbonyl (C=O) groups excluding carboxylic acids is 1. The largest absolute Gasteiger partial charge is 0.490 e. The number of halogens is 1. The smallest absolute Gasteiger partial charge is 0.258 e. The Hall–Kier alpha value is -3.21. The Morgan fingerprint density at radius 1 is 1.21 bits per heavy atom. The van der Waals surface area contributed by atoms with Gasteiger partial charge >= 0.3 is 0 Å². The third kappa shape index (κ3) is 4.36. The van der Waals surface area contributed by atoms with Crippen LogP contribution < -0.4 is 9.64 Å². The molecule has 0 atom stereocenters. The molecule has 3 aromatic rings. The van der Waals surface area contributed by atoms with Crippen molar-refractivity contribution in [2.75, 3.05) is 18.6 Å². The summed E-state index contributed by atoms with van der Waals surface area (Å²) in [4.78, 5) is 18.4. The Bertz CT molecular complexity index is 987. The Morgan fingerprint density at radius 2 is 2.07 bits per heavy atom. The van der Waals surface area contributed by atoms with E-state index in [4.69, 9.17) is 4.74 Å². The highest BCUT2D eigenvalue weighted by Crippen LogP contribution is 2.28. The number of benzene rings is 2. The Kier molecular flexibility index (Phi) is 6.37. The SMILES string of the molecule is C=CCCCCOc1cccc(N(C)C(=O)c2ccc3ncccc3c2)c1F. The number of unbranched alkanes of at least 4 members (excludes halogenated alkanes) is 2. The molecule has 2 aromatic carbocycles. The van der Waals surface area contributed by atoms with Crippen LogP contribution in [0.25, 0.3) is 10.9 Å². The van der Waals surface area contributed by atoms with Gasteiger partial charge in [0, 0.05) is 24.2 Å². The molecule has 4 nitrogen and oxygen atoms in total. The van der Waals surface area contributed by atoms with E-state index in [-0.39, 0.29) is 17.3 Å². The second kappa shape index (κ2) is 9.13. The van der Waals surface area contributed by atoms with Gasteiger partial charge in [-0.05, 0) is 55.7 Å². The van der Waals surface area contributed by atoms with Gasteiger partial charge < -0.3 is 9.64 Å². The minimum atomic E-state index is -0.537. The molecule has 0 aliphatic carbocycles. The van der Waals surface area contributed by atoms with Crippen LogP contribution in [0.4, 0.5) is 10.1 Å². The number of fused-ring (bicyclic) bond motifs is 1. The minimum Gasteiger partial charge on any atom is -0.490 e. The standard InChI is InChI=1S/C23H23FN2O2/c1-3-4-5-6-15-28-21-11-7-10-20(22(21)24)26(2)23(27)18-12-13-19-17(16-18)9-8-14-25-19/h3,7-14,16H,1,4-6,15H2,2H3. The summed E-state index contributed by atoms with van der Waals surface area (Å²) in [5.74, 6) is -0.684. The number of aromatic nitrogens is 1. The molecule has 0 saturated heterocycles. The molecule has 1 amide bonds. The van der Waals surface area contributed by atoms with E-state index < -0.39 is 5.82 Å². The average Bonchev–Trinajstić information content (AvgIpc) is 2.73. The first-order valence-electron chi connectivity index (χ1n) is 9.27. The number of carbonyl (C=O) groups is 1. The van der Waals surface area contributed by atoms with Crippen LogP contribution in [0.1, 0.15) is 29.6 Å². The maximum atomic E-state index is 14.9. The number of hydrogen-bond donors (Lipinski definition) is 0. The molecule has 1 aromatic heterocycles. The predicted octanol–water partition coefficient (Wildman–Crippen LogP) is 5.39. The lowest BCUT2D eigenvalue weighted by atomic mass is 10.1. The monoisotopic (exact) mass is 378 g/mol. The van der Waals surface area contributed by atoms with Crippen LogP contribution in [-0.2, 0) is 0 Å². The molecule has 0 fully saturated rings. The van der Waals surface area contributed by atoms with Gasteiger partial charge in [0.15, 0.2) is 11.6 Å². The molecule has 0 radical (unpaired) electrons. The third-order valence-electron chi connectivity index (χ3n) is 4.52. The van der Waals surface area contributed by atoms with Gasteiger partial charge in [-0.3, -0.25) is 9.78 Å². The Labute approximate surface area is 164 Å². The van der Waals surface area contributed by atoms with Crippen molar-refractivity contribution in [3.05, 3.63) is 78.8 Å². The molecule has 28 heavy (non-hydrogen) atoms. The molecule has 0 spiro atoms. The molecule has 0 bridgehead atoms. The first-order valence-corrected chi connectivity index (χ1v) is 9.27. The van der Waals surface area contributed by atoms with Crippen LogP contribution in [0.3, 0.4) is 0 Å². The van der Waals surface area contributed by atoms with Gasteiger partial charge in [0.2, 0.25) is 0 Å². The number of allylic oxidation sites excluding steroid dienone is 1. The third-order valence-corrected chi connectivity index (χ3v) is 4.52. The molecule has 0 unspecified atom stereocenters. The molecule has 0 saturated carbocycles. The summed E-state index contributed by atoms with van der Waals surface area (Å²) in [5, 5.41) is 0.860. The van der Waals surface area contributed by atoms with Crippen molar-refractivity contribution < 1.29 is 13.9 Å². The van der Waals surface area contributed by atoms with Crippen LogP contribution in [0.5, 0.6) is 5.75 Å². The van der Waals surface area contributed by atoms with Crippen molar-refractivity contribution in [1.29, 1.82) is 0 Å². The highest BCUT2D eigenvalue weighted by atomic mass is 19.1. The number of pyridine rings is 1. The second-order valence-electron chi connectivity index (χ2n) is 6.50. The van der Waals surface area contributed by atoms with Crippen molar-refractivity contribution in [2.24, 2.45) is 0 Å². The summed E-state index contributed by atoms with van der Waals surface area (Å²) in [6, 6.07) is 13.8. The van der Waals surface area contributed by atoms with E-state index in [2.05, 4.69) is 11.6 Å². The topological polar surface area (TPSA) is 42.4 Å². The van der Waals surface area contributed by atoms with E-state index in [0.717, 1.165) is 30.2 Å². The molecular formula is C23H23FN2O2. The van der Waals surface area contributed by atoms with Gasteiger partial charge in [-0.25, -0.2) is 4.39 Å². The van der Waals surface area contributed by atoms with E-state index in [1.165, 1.54) is 4.90 Å². The van der Waals surface area contributed by atoms with Gasteiger partial charge in [0.1, 0.15) is 0 Å². The first-order chi connectivity index (χ1) is 13.6. The van der Waals surface area contributed by atoms with Crippen LogP contribution in [0, 0.1) is 5.82 Å². The summed E-state index contributed by atoms with van der Waals surface area (Å²) in [6.45, 7) is 4.10. The summed E-state index contributed by atoms with van der Waals surface area (Å²) in [7, 11) is 1.56. The van der Waals surface area contributed by atoms with Crippen molar-refractivity contribution in [2.45, 2.75) is 19.3 Å². The van der Waals surface area contributed by atoms with Crippen molar-refractivity contribution >= 4 is 22.5 Å². The molecule has 1 heterocycles. The molecule has 5 heteroatoms. The number of amides is 1. The van der Waals surface area contributed by atoms with E-state index in [1.54, 1.807) is 49.6 Å². The maximum Gasteiger partial charge on any atom is 0.258 e. The van der Waals surface area contributed by atoms with Gasteiger partial charge in [0.05, 0.1) is 17.8 Å². The van der Waals surface area contributed by atoms with Gasteiger partial charge in [-0.2, -0.15) is 0 Å². The summed E-state index contributed by atoms with van der Waals surface area (Å²) >= 11 is 0. The lowest BCUT2D eigenvalue weighted by Gasteiger charge is -2.19. The number of hydrogen-bond acceptors (Lipinski definition) is 3. The highest BCUT2D eigenvalue weighted by molar-refractivity contribution is 6.07. The molecule has 3 rings (SSSR count). The summed E-state index contributed by atoms with van der Waals surface area (Å²) in [6.07, 6.45) is 6.22. The lowest BCUT2D eigenvalue weighted by Crippen LogP contribution is -2.27. The Morgan fingerprint density at radius 3 is 2.89 bits per heavy atom. The zero-order chi connectivity index (χ0) is 19.9. The van der Waals surface area contributed by atoms with Crippen molar-refractivity contribution in [1.82, 2.24) is 4.98 Å². The number of ether oxygens (including phenoxy) is 1. The Balaban J connectivity index is 1.77. The zero-order valence-electron chi connectivity index (χ0n) is 15.9. The maximum absolute atomic E-state index is 14.9. The van der Waals surface area contributed by atoms with Gasteiger partial charge in [0.25, 0.3) is 5.91 Å². The summed E-state index contributed by atoms with van der Waals surface area (Å²) < 4.78 is 20.4. The van der Waals surface area contributed by atoms with E-state index in [0.29, 0.717) is 12.2 Å². The molecular weight excluding hydrogens is 355 g/mol. The predicted molar refractivity (Wildman–Crippen MR) is 110 cm³/mol. The van der Waals surface area contributed by atoms with Gasteiger partial charge in [-0.1, -0.05) is 18.2 Å². The van der Waals surface area contributed by atoms with E-state index in [1.807, 2.05) is 18.2 Å². The molecule has 0 aliphatic rings. The molecule has 144 valence electrons. The fourth-order valence-corrected chi connectivity index (χ4v) is 2.95. The van der Waals surface area contributed by atoms with E-state index in [9.17, 15) is 9.18 Å². The van der Waals surface area contributed by atoms with E-state index >= 15 is 0 Å². The number of anilines is 1. The van der Waals surface area contributed by atoms with Crippen molar-refractivity contribution in [3.8, 4) is 5.75 Å². The number of rotatable bonds is 8. The minimum absolute atomic E-state index is 0.151. The fourth-order valence-electron chi connectivity index (χ4n) is 2.95. The molecule has 0 N–H and O–H groups in total. The van der Waals surface area contributed by atoms with Crippen molar-refractivity contribution in [3.63, 3.8) is 0 Å². The first kappa shape index (κ1) is 19.5. The quantitative estimate of drug-likeness (QED) is 0.390. The van der Waals surface area contributed by atoms with Crippen LogP contribution in [-0.4, -0.2) is 24.5 Å². The van der Waals surface area contributed by atoms with Crippen LogP contribution in [0.15, 0.2) is 67.4 Å². The fraction of sp³-hybridized carbons (Fsp3) is 0.217. The summed E-state index contributed by atoms with van der Waals surface area (Å²) in [5.41, 5.74) is 1.46. The van der Waals surface area contributed by atoms with Crippen LogP contribution >= 0.6 is 0 Å². The average molecular weight is 378 g/mol. The number of nitrogens with zero attached hydrogens (tertiary/aromatic N) is 2.